The molecule has 5 heteroatoms. The SMILES string of the molecule is Cc1noc2nc(C3CC3)cc(C(=O)N3CCC[C@@H]4CCC[C@H]43)c12. The van der Waals surface area contributed by atoms with Crippen molar-refractivity contribution in [2.75, 3.05) is 6.54 Å². The van der Waals surface area contributed by atoms with E-state index in [1.807, 2.05) is 13.0 Å². The molecule has 24 heavy (non-hydrogen) atoms. The number of carbonyl (C=O) groups excluding carboxylic acids is 1. The average Bonchev–Trinajstić information content (AvgIpc) is 3.23. The number of likely N-dealkylation sites (tertiary alicyclic amines) is 1. The zero-order chi connectivity index (χ0) is 16.3. The lowest BCUT2D eigenvalue weighted by atomic mass is 9.91. The highest BCUT2D eigenvalue weighted by molar-refractivity contribution is 6.06. The molecular weight excluding hydrogens is 302 g/mol. The maximum Gasteiger partial charge on any atom is 0.259 e. The molecule has 0 N–H and O–H groups in total. The summed E-state index contributed by atoms with van der Waals surface area (Å²) in [5.41, 5.74) is 3.05. The van der Waals surface area contributed by atoms with E-state index in [0.29, 0.717) is 23.6 Å². The first-order chi connectivity index (χ1) is 11.7. The predicted molar refractivity (Wildman–Crippen MR) is 89.9 cm³/mol. The monoisotopic (exact) mass is 325 g/mol. The number of fused-ring (bicyclic) bond motifs is 2. The first-order valence-corrected chi connectivity index (χ1v) is 9.30. The van der Waals surface area contributed by atoms with E-state index < -0.39 is 0 Å². The summed E-state index contributed by atoms with van der Waals surface area (Å²) in [6.07, 6.45) is 8.41. The summed E-state index contributed by atoms with van der Waals surface area (Å²) < 4.78 is 5.40. The lowest BCUT2D eigenvalue weighted by Gasteiger charge is -2.38. The number of hydrogen-bond donors (Lipinski definition) is 0. The van der Waals surface area contributed by atoms with Crippen molar-refractivity contribution in [2.24, 2.45) is 5.92 Å². The summed E-state index contributed by atoms with van der Waals surface area (Å²) in [6.45, 7) is 2.78. The average molecular weight is 325 g/mol. The number of nitrogens with zero attached hydrogens (tertiary/aromatic N) is 3. The predicted octanol–water partition coefficient (Wildman–Crippen LogP) is 3.81. The van der Waals surface area contributed by atoms with E-state index in [4.69, 9.17) is 4.52 Å². The molecule has 1 saturated heterocycles. The van der Waals surface area contributed by atoms with Gasteiger partial charge in [0.25, 0.3) is 11.6 Å². The molecular formula is C19H23N3O2. The molecule has 2 aromatic heterocycles. The molecule has 0 unspecified atom stereocenters. The Balaban J connectivity index is 1.59. The second kappa shape index (κ2) is 5.30. The molecule has 0 radical (unpaired) electrons. The van der Waals surface area contributed by atoms with Crippen molar-refractivity contribution < 1.29 is 9.32 Å². The van der Waals surface area contributed by atoms with Crippen LogP contribution in [-0.2, 0) is 0 Å². The number of piperidine rings is 1. The number of rotatable bonds is 2. The summed E-state index contributed by atoms with van der Waals surface area (Å²) in [6, 6.07) is 2.45. The standard InChI is InChI=1S/C19H23N3O2/c1-11-17-14(10-15(12-7-8-12)20-18(17)24-21-11)19(23)22-9-3-5-13-4-2-6-16(13)22/h10,12-13,16H,2-9H2,1H3/t13-,16+/m0/s1. The van der Waals surface area contributed by atoms with Crippen molar-refractivity contribution in [1.82, 2.24) is 15.0 Å². The van der Waals surface area contributed by atoms with Crippen molar-refractivity contribution >= 4 is 17.0 Å². The van der Waals surface area contributed by atoms with Gasteiger partial charge in [-0.25, -0.2) is 4.98 Å². The van der Waals surface area contributed by atoms with Crippen LogP contribution in [0.4, 0.5) is 0 Å². The lowest BCUT2D eigenvalue weighted by molar-refractivity contribution is 0.0550. The summed E-state index contributed by atoms with van der Waals surface area (Å²) >= 11 is 0. The van der Waals surface area contributed by atoms with E-state index in [1.54, 1.807) is 0 Å². The number of carbonyl (C=O) groups is 1. The fraction of sp³-hybridized carbons (Fsp3) is 0.632. The van der Waals surface area contributed by atoms with Crippen LogP contribution in [0.2, 0.25) is 0 Å². The number of aryl methyl sites for hydroxylation is 1. The third-order valence-corrected chi connectivity index (χ3v) is 6.12. The smallest absolute Gasteiger partial charge is 0.259 e. The minimum absolute atomic E-state index is 0.159. The van der Waals surface area contributed by atoms with Gasteiger partial charge in [0.15, 0.2) is 0 Å². The molecule has 2 aromatic rings. The highest BCUT2D eigenvalue weighted by Gasteiger charge is 2.39. The Hall–Kier alpha value is -1.91. The summed E-state index contributed by atoms with van der Waals surface area (Å²) in [4.78, 5) is 20.2. The molecule has 2 atom stereocenters. The Bertz CT molecular complexity index is 808. The van der Waals surface area contributed by atoms with E-state index in [1.165, 1.54) is 19.3 Å². The maximum atomic E-state index is 13.4. The van der Waals surface area contributed by atoms with Gasteiger partial charge in [0.2, 0.25) is 0 Å². The van der Waals surface area contributed by atoms with Gasteiger partial charge < -0.3 is 9.42 Å². The molecule has 2 saturated carbocycles. The number of pyridine rings is 1. The topological polar surface area (TPSA) is 59.2 Å². The summed E-state index contributed by atoms with van der Waals surface area (Å²) in [7, 11) is 0. The Kier molecular flexibility index (Phi) is 3.19. The van der Waals surface area contributed by atoms with Crippen LogP contribution >= 0.6 is 0 Å². The molecule has 0 aromatic carbocycles. The highest BCUT2D eigenvalue weighted by Crippen LogP contribution is 2.42. The van der Waals surface area contributed by atoms with Crippen molar-refractivity contribution in [3.8, 4) is 0 Å². The second-order valence-corrected chi connectivity index (χ2v) is 7.72. The van der Waals surface area contributed by atoms with Gasteiger partial charge in [-0.2, -0.15) is 0 Å². The fourth-order valence-electron chi connectivity index (χ4n) is 4.73. The van der Waals surface area contributed by atoms with Crippen molar-refractivity contribution in [2.45, 2.75) is 63.8 Å². The van der Waals surface area contributed by atoms with Crippen molar-refractivity contribution in [1.29, 1.82) is 0 Å². The quantitative estimate of drug-likeness (QED) is 0.842. The van der Waals surface area contributed by atoms with Crippen LogP contribution in [0, 0.1) is 12.8 Å². The third kappa shape index (κ3) is 2.17. The van der Waals surface area contributed by atoms with Crippen LogP contribution in [-0.4, -0.2) is 33.5 Å². The number of aromatic nitrogens is 2. The lowest BCUT2D eigenvalue weighted by Crippen LogP contribution is -2.46. The first-order valence-electron chi connectivity index (χ1n) is 9.30. The van der Waals surface area contributed by atoms with Gasteiger partial charge >= 0.3 is 0 Å². The molecule has 3 fully saturated rings. The zero-order valence-electron chi connectivity index (χ0n) is 14.1. The van der Waals surface area contributed by atoms with Gasteiger partial charge in [0, 0.05) is 24.2 Å². The van der Waals surface area contributed by atoms with E-state index in [9.17, 15) is 4.79 Å². The molecule has 0 spiro atoms. The van der Waals surface area contributed by atoms with Crippen molar-refractivity contribution in [3.05, 3.63) is 23.0 Å². The molecule has 2 aliphatic carbocycles. The summed E-state index contributed by atoms with van der Waals surface area (Å²) in [5.74, 6) is 1.35. The Morgan fingerprint density at radius 3 is 2.88 bits per heavy atom. The number of hydrogen-bond acceptors (Lipinski definition) is 4. The second-order valence-electron chi connectivity index (χ2n) is 7.72. The molecule has 5 rings (SSSR count). The first kappa shape index (κ1) is 14.4. The highest BCUT2D eigenvalue weighted by atomic mass is 16.5. The summed E-state index contributed by atoms with van der Waals surface area (Å²) in [5, 5.41) is 4.87. The van der Waals surface area contributed by atoms with E-state index in [2.05, 4.69) is 15.0 Å². The zero-order valence-corrected chi connectivity index (χ0v) is 14.1. The molecule has 3 aliphatic rings. The molecule has 126 valence electrons. The van der Waals surface area contributed by atoms with Crippen LogP contribution in [0.1, 0.15) is 72.6 Å². The Morgan fingerprint density at radius 2 is 2.04 bits per heavy atom. The van der Waals surface area contributed by atoms with E-state index in [0.717, 1.165) is 54.6 Å². The molecule has 5 nitrogen and oxygen atoms in total. The minimum atomic E-state index is 0.159. The fourth-order valence-corrected chi connectivity index (χ4v) is 4.73. The molecule has 3 heterocycles. The van der Waals surface area contributed by atoms with Gasteiger partial charge in [0.05, 0.1) is 16.6 Å². The van der Waals surface area contributed by atoms with Crippen molar-refractivity contribution in [3.63, 3.8) is 0 Å². The van der Waals surface area contributed by atoms with Crippen LogP contribution in [0.3, 0.4) is 0 Å². The Labute approximate surface area is 141 Å². The van der Waals surface area contributed by atoms with Gasteiger partial charge in [-0.1, -0.05) is 11.6 Å². The third-order valence-electron chi connectivity index (χ3n) is 6.12. The number of amides is 1. The largest absolute Gasteiger partial charge is 0.336 e. The normalized spacial score (nSPS) is 26.8. The molecule has 1 amide bonds. The van der Waals surface area contributed by atoms with Crippen LogP contribution < -0.4 is 0 Å². The van der Waals surface area contributed by atoms with Crippen LogP contribution in [0.25, 0.3) is 11.1 Å². The maximum absolute atomic E-state index is 13.4. The molecule has 1 aliphatic heterocycles. The van der Waals surface area contributed by atoms with E-state index >= 15 is 0 Å². The van der Waals surface area contributed by atoms with Crippen LogP contribution in [0.15, 0.2) is 10.6 Å². The van der Waals surface area contributed by atoms with Gasteiger partial charge in [-0.15, -0.1) is 0 Å². The van der Waals surface area contributed by atoms with E-state index in [-0.39, 0.29) is 5.91 Å². The minimum Gasteiger partial charge on any atom is -0.336 e. The van der Waals surface area contributed by atoms with Gasteiger partial charge in [-0.3, -0.25) is 4.79 Å². The van der Waals surface area contributed by atoms with Crippen LogP contribution in [0.5, 0.6) is 0 Å². The van der Waals surface area contributed by atoms with Gasteiger partial charge in [-0.05, 0) is 57.4 Å². The molecule has 0 bridgehead atoms. The Morgan fingerprint density at radius 1 is 1.21 bits per heavy atom. The van der Waals surface area contributed by atoms with Gasteiger partial charge in [0.1, 0.15) is 0 Å².